The van der Waals surface area contributed by atoms with Gasteiger partial charge in [-0.3, -0.25) is 0 Å². The molecule has 0 fully saturated rings. The molecule has 178 valence electrons. The number of rotatable bonds is 6. The second-order valence-corrected chi connectivity index (χ2v) is 8.75. The van der Waals surface area contributed by atoms with E-state index < -0.39 is 21.4 Å². The number of halogens is 3. The highest BCUT2D eigenvalue weighted by Crippen LogP contribution is 2.43. The largest absolute Gasteiger partial charge is 0.534 e. The van der Waals surface area contributed by atoms with Crippen LogP contribution >= 0.6 is 0 Å². The second kappa shape index (κ2) is 8.60. The average molecular weight is 492 g/mol. The van der Waals surface area contributed by atoms with Gasteiger partial charge >= 0.3 is 15.6 Å². The molecule has 4 aromatic carbocycles. The smallest absolute Gasteiger partial charge is 0.497 e. The molecule has 0 saturated heterocycles. The summed E-state index contributed by atoms with van der Waals surface area (Å²) < 4.78 is 83.1. The normalized spacial score (nSPS) is 12.1. The van der Waals surface area contributed by atoms with Gasteiger partial charge in [0.15, 0.2) is 17.2 Å². The van der Waals surface area contributed by atoms with Crippen LogP contribution in [0.3, 0.4) is 0 Å². The third-order valence-electron chi connectivity index (χ3n) is 5.36. The van der Waals surface area contributed by atoms with E-state index in [9.17, 15) is 21.6 Å². The Balaban J connectivity index is 1.98. The van der Waals surface area contributed by atoms with E-state index in [0.29, 0.717) is 22.4 Å². The molecule has 0 aromatic heterocycles. The van der Waals surface area contributed by atoms with Crippen molar-refractivity contribution in [2.75, 3.05) is 21.3 Å². The number of fused-ring (bicyclic) bond motifs is 3. The van der Waals surface area contributed by atoms with Crippen LogP contribution in [0, 0.1) is 0 Å². The highest BCUT2D eigenvalue weighted by atomic mass is 32.2. The molecule has 0 unspecified atom stereocenters. The Hall–Kier alpha value is -3.66. The fourth-order valence-electron chi connectivity index (χ4n) is 3.82. The van der Waals surface area contributed by atoms with E-state index in [4.69, 9.17) is 14.2 Å². The van der Waals surface area contributed by atoms with Crippen LogP contribution in [0.25, 0.3) is 32.7 Å². The molecule has 0 radical (unpaired) electrons. The van der Waals surface area contributed by atoms with Gasteiger partial charge in [0, 0.05) is 17.0 Å². The van der Waals surface area contributed by atoms with Crippen molar-refractivity contribution in [3.63, 3.8) is 0 Å². The lowest BCUT2D eigenvalue weighted by atomic mass is 9.94. The maximum Gasteiger partial charge on any atom is 0.534 e. The van der Waals surface area contributed by atoms with E-state index >= 15 is 0 Å². The summed E-state index contributed by atoms with van der Waals surface area (Å²) >= 11 is 0. The maximum atomic E-state index is 13.0. The minimum Gasteiger partial charge on any atom is -0.497 e. The Bertz CT molecular complexity index is 1500. The lowest BCUT2D eigenvalue weighted by molar-refractivity contribution is -0.0499. The number of hydrogen-bond acceptors (Lipinski definition) is 6. The van der Waals surface area contributed by atoms with Gasteiger partial charge in [-0.05, 0) is 52.1 Å². The molecule has 0 atom stereocenters. The first-order valence-electron chi connectivity index (χ1n) is 9.87. The number of ether oxygens (including phenoxy) is 3. The van der Waals surface area contributed by atoms with Crippen LogP contribution in [0.5, 0.6) is 23.0 Å². The summed E-state index contributed by atoms with van der Waals surface area (Å²) in [7, 11) is -1.53. The van der Waals surface area contributed by atoms with Crippen molar-refractivity contribution in [3.05, 3.63) is 60.7 Å². The average Bonchev–Trinajstić information content (AvgIpc) is 2.81. The Kier molecular flexibility index (Phi) is 5.94. The van der Waals surface area contributed by atoms with Crippen molar-refractivity contribution in [2.24, 2.45) is 0 Å². The van der Waals surface area contributed by atoms with Crippen molar-refractivity contribution in [2.45, 2.75) is 5.51 Å². The highest BCUT2D eigenvalue weighted by Gasteiger charge is 2.49. The Morgan fingerprint density at radius 2 is 1.35 bits per heavy atom. The molecule has 6 nitrogen and oxygen atoms in total. The predicted octanol–water partition coefficient (Wildman–Crippen LogP) is 5.91. The first-order valence-corrected chi connectivity index (χ1v) is 11.3. The van der Waals surface area contributed by atoms with E-state index in [1.54, 1.807) is 30.3 Å². The standard InChI is InChI=1S/C24H19F3O6S/c1-30-14-7-8-19(22(13-14)33-34(28,29)24(25,26)27)16-6-4-5-15-17(16)9-10-20-18(15)11-12-21(31-2)23(20)32-3/h4-13H,1-3H3. The fourth-order valence-corrected chi connectivity index (χ4v) is 4.29. The summed E-state index contributed by atoms with van der Waals surface area (Å²) in [6, 6.07) is 16.5. The number of hydrogen-bond donors (Lipinski definition) is 0. The van der Waals surface area contributed by atoms with Crippen LogP contribution in [0.1, 0.15) is 0 Å². The first-order chi connectivity index (χ1) is 16.1. The van der Waals surface area contributed by atoms with Gasteiger partial charge in [-0.1, -0.05) is 24.3 Å². The number of benzene rings is 4. The highest BCUT2D eigenvalue weighted by molar-refractivity contribution is 7.88. The molecule has 4 aromatic rings. The first kappa shape index (κ1) is 23.5. The molecule has 4 rings (SSSR count). The van der Waals surface area contributed by atoms with E-state index in [0.717, 1.165) is 22.2 Å². The van der Waals surface area contributed by atoms with Crippen molar-refractivity contribution < 1.29 is 40.0 Å². The zero-order valence-corrected chi connectivity index (χ0v) is 19.1. The number of methoxy groups -OCH3 is 3. The van der Waals surface area contributed by atoms with E-state index in [1.165, 1.54) is 33.5 Å². The molecular weight excluding hydrogens is 473 g/mol. The van der Waals surface area contributed by atoms with Gasteiger partial charge in [0.05, 0.1) is 21.3 Å². The third kappa shape index (κ3) is 3.94. The Morgan fingerprint density at radius 1 is 0.676 bits per heavy atom. The SMILES string of the molecule is COc1ccc(-c2cccc3c2ccc2c(OC)c(OC)ccc23)c(OS(=O)(=O)C(F)(F)F)c1. The topological polar surface area (TPSA) is 71.1 Å². The lowest BCUT2D eigenvalue weighted by Crippen LogP contribution is -2.28. The molecule has 34 heavy (non-hydrogen) atoms. The quantitative estimate of drug-likeness (QED) is 0.189. The van der Waals surface area contributed by atoms with E-state index in [-0.39, 0.29) is 11.3 Å². The lowest BCUT2D eigenvalue weighted by Gasteiger charge is -2.17. The number of alkyl halides is 3. The minimum absolute atomic E-state index is 0.138. The molecule has 0 spiro atoms. The zero-order chi connectivity index (χ0) is 24.7. The van der Waals surface area contributed by atoms with Crippen LogP contribution in [-0.4, -0.2) is 35.3 Å². The molecule has 0 heterocycles. The monoisotopic (exact) mass is 492 g/mol. The Morgan fingerprint density at radius 3 is 2.00 bits per heavy atom. The van der Waals surface area contributed by atoms with Crippen LogP contribution in [0.15, 0.2) is 60.7 Å². The summed E-state index contributed by atoms with van der Waals surface area (Å²) in [6.45, 7) is 0. The molecule has 0 bridgehead atoms. The molecule has 0 saturated carbocycles. The molecule has 10 heteroatoms. The van der Waals surface area contributed by atoms with Crippen molar-refractivity contribution in [1.82, 2.24) is 0 Å². The van der Waals surface area contributed by atoms with E-state index in [1.807, 2.05) is 12.1 Å². The van der Waals surface area contributed by atoms with Gasteiger partial charge in [-0.25, -0.2) is 0 Å². The van der Waals surface area contributed by atoms with Crippen molar-refractivity contribution >= 4 is 31.7 Å². The van der Waals surface area contributed by atoms with Gasteiger partial charge in [0.2, 0.25) is 0 Å². The molecular formula is C24H19F3O6S. The van der Waals surface area contributed by atoms with Gasteiger partial charge in [0.1, 0.15) is 5.75 Å². The van der Waals surface area contributed by atoms with Crippen molar-refractivity contribution in [1.29, 1.82) is 0 Å². The molecule has 0 aliphatic carbocycles. The van der Waals surface area contributed by atoms with Gasteiger partial charge < -0.3 is 18.4 Å². The van der Waals surface area contributed by atoms with Crippen LogP contribution in [-0.2, 0) is 10.1 Å². The van der Waals surface area contributed by atoms with Crippen molar-refractivity contribution in [3.8, 4) is 34.1 Å². The summed E-state index contributed by atoms with van der Waals surface area (Å²) in [6.07, 6.45) is 0. The minimum atomic E-state index is -5.90. The summed E-state index contributed by atoms with van der Waals surface area (Å²) in [5, 5.41) is 3.03. The summed E-state index contributed by atoms with van der Waals surface area (Å²) in [5.41, 5.74) is -4.96. The molecule has 0 N–H and O–H groups in total. The molecule has 0 amide bonds. The molecule has 0 aliphatic rings. The van der Waals surface area contributed by atoms with Gasteiger partial charge in [-0.2, -0.15) is 21.6 Å². The second-order valence-electron chi connectivity index (χ2n) is 7.21. The third-order valence-corrected chi connectivity index (χ3v) is 6.32. The van der Waals surface area contributed by atoms with Crippen LogP contribution in [0.4, 0.5) is 13.2 Å². The zero-order valence-electron chi connectivity index (χ0n) is 18.3. The maximum absolute atomic E-state index is 13.0. The Labute approximate surface area is 193 Å². The van der Waals surface area contributed by atoms with Crippen LogP contribution in [0.2, 0.25) is 0 Å². The summed E-state index contributed by atoms with van der Waals surface area (Å²) in [4.78, 5) is 0. The van der Waals surface area contributed by atoms with Crippen LogP contribution < -0.4 is 18.4 Å². The predicted molar refractivity (Wildman–Crippen MR) is 122 cm³/mol. The molecule has 0 aliphatic heterocycles. The van der Waals surface area contributed by atoms with Gasteiger partial charge in [-0.15, -0.1) is 0 Å². The summed E-state index contributed by atoms with van der Waals surface area (Å²) in [5.74, 6) is 0.723. The fraction of sp³-hybridized carbons (Fsp3) is 0.167. The van der Waals surface area contributed by atoms with E-state index in [2.05, 4.69) is 4.18 Å². The van der Waals surface area contributed by atoms with Gasteiger partial charge in [0.25, 0.3) is 0 Å².